The van der Waals surface area contributed by atoms with Gasteiger partial charge in [-0.2, -0.15) is 0 Å². The molecule has 58 heavy (non-hydrogen) atoms. The average molecular weight is 987 g/mol. The molecular weight excluding hydrogens is 923 g/mol. The summed E-state index contributed by atoms with van der Waals surface area (Å²) in [5, 5.41) is 16.4. The number of carbonyl (C=O) groups is 1. The van der Waals surface area contributed by atoms with Gasteiger partial charge in [0.15, 0.2) is 13.9 Å². The average Bonchev–Trinajstić information content (AvgIpc) is 3.54. The van der Waals surface area contributed by atoms with Gasteiger partial charge in [-0.05, 0) is 76.9 Å². The molecule has 0 fully saturated rings. The number of aliphatic hydroxyl groups is 1. The quantitative estimate of drug-likeness (QED) is 0.0575. The molecule has 6 aromatic rings. The number of aromatic nitrogens is 1. The SMILES string of the molecule is CCC(CC)C(=O)/C=C(\O)C(CC)CC.Cc1c([Si](CC(C)(C)C)(c2ccccc2)c2ccccc2)sc2c(-c3[c-]c4ccccc4c(C(C)(C)C)c3)nccc12.[Ir]. The zero-order valence-corrected chi connectivity index (χ0v) is 40.8. The predicted octanol–water partition coefficient (Wildman–Crippen LogP) is 12.9. The van der Waals surface area contributed by atoms with Crippen molar-refractivity contribution in [3.63, 3.8) is 0 Å². The van der Waals surface area contributed by atoms with Crippen molar-refractivity contribution < 1.29 is 30.0 Å². The monoisotopic (exact) mass is 987 g/mol. The zero-order valence-electron chi connectivity index (χ0n) is 36.6. The number of carbonyl (C=O) groups excluding carboxylic acids is 1. The Morgan fingerprint density at radius 3 is 1.83 bits per heavy atom. The largest absolute Gasteiger partial charge is 0.512 e. The van der Waals surface area contributed by atoms with E-state index in [1.807, 2.05) is 45.2 Å². The molecule has 2 heterocycles. The molecule has 0 amide bonds. The Hall–Kier alpha value is -3.67. The molecule has 0 unspecified atom stereocenters. The van der Waals surface area contributed by atoms with Crippen LogP contribution in [0.15, 0.2) is 115 Å². The van der Waals surface area contributed by atoms with Crippen LogP contribution < -0.4 is 14.9 Å². The van der Waals surface area contributed by atoms with Crippen LogP contribution in [0.2, 0.25) is 6.04 Å². The van der Waals surface area contributed by atoms with Gasteiger partial charge in [0, 0.05) is 59.1 Å². The van der Waals surface area contributed by atoms with E-state index in [1.165, 1.54) is 47.5 Å². The summed E-state index contributed by atoms with van der Waals surface area (Å²) in [7, 11) is -2.41. The molecule has 0 aliphatic heterocycles. The maximum atomic E-state index is 11.7. The summed E-state index contributed by atoms with van der Waals surface area (Å²) in [6.45, 7) is 24.5. The summed E-state index contributed by atoms with van der Waals surface area (Å²) in [4.78, 5) is 16.8. The summed E-state index contributed by atoms with van der Waals surface area (Å²) < 4.78 is 2.81. The number of hydrogen-bond acceptors (Lipinski definition) is 4. The predicted molar refractivity (Wildman–Crippen MR) is 250 cm³/mol. The molecule has 6 heteroatoms. The van der Waals surface area contributed by atoms with E-state index >= 15 is 0 Å². The molecule has 0 aliphatic carbocycles. The molecule has 1 N–H and O–H groups in total. The topological polar surface area (TPSA) is 50.2 Å². The number of benzene rings is 4. The van der Waals surface area contributed by atoms with Gasteiger partial charge in [-0.3, -0.25) is 9.78 Å². The van der Waals surface area contributed by atoms with Gasteiger partial charge in [-0.1, -0.05) is 159 Å². The van der Waals surface area contributed by atoms with Crippen molar-refractivity contribution in [2.75, 3.05) is 0 Å². The van der Waals surface area contributed by atoms with Crippen molar-refractivity contribution in [1.82, 2.24) is 4.98 Å². The number of aryl methyl sites for hydroxylation is 1. The Morgan fingerprint density at radius 1 is 0.776 bits per heavy atom. The minimum Gasteiger partial charge on any atom is -0.512 e. The summed E-state index contributed by atoms with van der Waals surface area (Å²) in [5.41, 5.74) is 5.02. The summed E-state index contributed by atoms with van der Waals surface area (Å²) >= 11 is 1.98. The molecule has 3 nitrogen and oxygen atoms in total. The first-order valence-electron chi connectivity index (χ1n) is 21.0. The third-order valence-electron chi connectivity index (χ3n) is 11.5. The molecule has 6 rings (SSSR count). The van der Waals surface area contributed by atoms with Gasteiger partial charge in [-0.25, -0.2) is 0 Å². The Kier molecular flexibility index (Phi) is 16.3. The van der Waals surface area contributed by atoms with Crippen LogP contribution in [0.3, 0.4) is 0 Å². The van der Waals surface area contributed by atoms with Crippen molar-refractivity contribution in [1.29, 1.82) is 0 Å². The minimum absolute atomic E-state index is 0. The number of allylic oxidation sites excluding steroid dienone is 2. The second kappa shape index (κ2) is 20.1. The first-order chi connectivity index (χ1) is 27.1. The maximum Gasteiger partial charge on any atom is 0.162 e. The third kappa shape index (κ3) is 10.4. The van der Waals surface area contributed by atoms with Crippen molar-refractivity contribution in [2.45, 2.75) is 113 Å². The first-order valence-corrected chi connectivity index (χ1v) is 24.0. The number of nitrogens with zero attached hydrogens (tertiary/aromatic N) is 1. The van der Waals surface area contributed by atoms with Gasteiger partial charge in [0.1, 0.15) is 0 Å². The van der Waals surface area contributed by atoms with Gasteiger partial charge in [0.2, 0.25) is 0 Å². The zero-order chi connectivity index (χ0) is 41.5. The number of hydrogen-bond donors (Lipinski definition) is 1. The number of thiophene rings is 1. The van der Waals surface area contributed by atoms with E-state index in [2.05, 4.69) is 152 Å². The molecule has 0 bridgehead atoms. The molecule has 0 saturated heterocycles. The number of fused-ring (bicyclic) bond motifs is 2. The third-order valence-corrected chi connectivity index (χ3v) is 19.3. The maximum absolute atomic E-state index is 11.7. The van der Waals surface area contributed by atoms with E-state index in [0.29, 0.717) is 0 Å². The van der Waals surface area contributed by atoms with E-state index < -0.39 is 8.07 Å². The number of rotatable bonds is 12. The van der Waals surface area contributed by atoms with Crippen LogP contribution >= 0.6 is 11.3 Å². The Morgan fingerprint density at radius 2 is 1.31 bits per heavy atom. The molecule has 4 aromatic carbocycles. The van der Waals surface area contributed by atoms with Crippen molar-refractivity contribution in [2.24, 2.45) is 17.3 Å². The number of ketones is 1. The number of pyridine rings is 1. The summed E-state index contributed by atoms with van der Waals surface area (Å²) in [6, 6.07) is 40.8. The summed E-state index contributed by atoms with van der Waals surface area (Å²) in [5.74, 6) is 0.547. The molecule has 0 saturated carbocycles. The molecular formula is C52H64IrNO2SSi-. The fourth-order valence-corrected chi connectivity index (χ4v) is 16.8. The van der Waals surface area contributed by atoms with Crippen LogP contribution in [-0.2, 0) is 30.3 Å². The first kappa shape index (κ1) is 47.0. The van der Waals surface area contributed by atoms with E-state index in [9.17, 15) is 9.90 Å². The van der Waals surface area contributed by atoms with E-state index in [4.69, 9.17) is 4.98 Å². The van der Waals surface area contributed by atoms with E-state index in [-0.39, 0.29) is 54.3 Å². The van der Waals surface area contributed by atoms with Crippen LogP contribution in [0.1, 0.15) is 106 Å². The fourth-order valence-electron chi connectivity index (χ4n) is 8.46. The van der Waals surface area contributed by atoms with Crippen LogP contribution in [-0.4, -0.2) is 23.9 Å². The Bertz CT molecular complexity index is 2250. The molecule has 1 radical (unpaired) electrons. The normalized spacial score (nSPS) is 12.5. The molecule has 2 aromatic heterocycles. The van der Waals surface area contributed by atoms with Gasteiger partial charge < -0.3 is 5.11 Å². The van der Waals surface area contributed by atoms with Crippen LogP contribution in [0.4, 0.5) is 0 Å². The van der Waals surface area contributed by atoms with E-state index in [1.54, 1.807) is 0 Å². The van der Waals surface area contributed by atoms with Gasteiger partial charge in [-0.15, -0.1) is 40.5 Å². The standard InChI is InChI=1S/C39H40NSSi.C13H24O2.Ir/c1-27-32-22-23-40-35(29-24-28-16-14-15-21-33(28)34(25-29)39(5,6)7)36(32)41-37(27)42(26-38(2,3)4,30-17-10-8-11-18-30)31-19-12-9-13-20-31;1-5-10(6-2)12(14)9-13(15)11(7-3)8-4;/h8-23,25H,26H2,1-7H3;9-11,14H,5-8H2,1-4H3;/q-1;;/b;12-9-;. The van der Waals surface area contributed by atoms with E-state index in [0.717, 1.165) is 48.4 Å². The van der Waals surface area contributed by atoms with Crippen molar-refractivity contribution in [3.05, 3.63) is 132 Å². The summed E-state index contributed by atoms with van der Waals surface area (Å²) in [6.07, 6.45) is 6.91. The van der Waals surface area contributed by atoms with Crippen LogP contribution in [0.5, 0.6) is 0 Å². The second-order valence-corrected chi connectivity index (χ2v) is 23.1. The second-order valence-electron chi connectivity index (χ2n) is 17.9. The number of aliphatic hydroxyl groups excluding tert-OH is 1. The van der Waals surface area contributed by atoms with Crippen LogP contribution in [0, 0.1) is 30.2 Å². The fraction of sp³-hybridized carbons (Fsp3) is 0.385. The van der Waals surface area contributed by atoms with Crippen molar-refractivity contribution in [3.8, 4) is 11.3 Å². The van der Waals surface area contributed by atoms with Gasteiger partial charge in [0.05, 0.1) is 5.76 Å². The molecule has 0 atom stereocenters. The Balaban J connectivity index is 0.000000398. The van der Waals surface area contributed by atoms with Crippen molar-refractivity contribution >= 4 is 60.9 Å². The van der Waals surface area contributed by atoms with Gasteiger partial charge >= 0.3 is 0 Å². The molecule has 309 valence electrons. The molecule has 0 spiro atoms. The molecule has 0 aliphatic rings. The Labute approximate surface area is 367 Å². The minimum atomic E-state index is -2.41. The van der Waals surface area contributed by atoms with Gasteiger partial charge in [0.25, 0.3) is 0 Å². The smallest absolute Gasteiger partial charge is 0.162 e. The van der Waals surface area contributed by atoms with Crippen LogP contribution in [0.25, 0.3) is 32.1 Å².